The number of nitrogens with one attached hydrogen (secondary N) is 2. The summed E-state index contributed by atoms with van der Waals surface area (Å²) in [5.41, 5.74) is 1.79. The zero-order chi connectivity index (χ0) is 13.1. The number of anilines is 1. The molecule has 0 amide bonds. The standard InChI is InChI=1S/C12H13ClN2O2S/c1-7-2-3-8(6-9(7)13)14-12(18)15-10-4-5-17-11(10)16/h2-3,6,10H,4-5H2,1H3,(H2,14,15,18)/t10-/m0/s1. The molecule has 1 aromatic rings. The number of hydrogen-bond donors (Lipinski definition) is 2. The molecule has 6 heteroatoms. The van der Waals surface area contributed by atoms with Crippen molar-refractivity contribution in [3.8, 4) is 0 Å². The lowest BCUT2D eigenvalue weighted by Crippen LogP contribution is -2.40. The number of cyclic esters (lactones) is 1. The molecule has 0 saturated carbocycles. The minimum Gasteiger partial charge on any atom is -0.464 e. The fourth-order valence-electron chi connectivity index (χ4n) is 1.62. The van der Waals surface area contributed by atoms with E-state index in [4.69, 9.17) is 28.6 Å². The van der Waals surface area contributed by atoms with E-state index in [0.717, 1.165) is 11.3 Å². The first-order chi connectivity index (χ1) is 8.56. The van der Waals surface area contributed by atoms with E-state index in [-0.39, 0.29) is 12.0 Å². The SMILES string of the molecule is Cc1ccc(NC(=S)N[C@H]2CCOC2=O)cc1Cl. The van der Waals surface area contributed by atoms with E-state index in [1.54, 1.807) is 6.07 Å². The number of benzene rings is 1. The van der Waals surface area contributed by atoms with Gasteiger partial charge in [0.1, 0.15) is 6.04 Å². The first-order valence-electron chi connectivity index (χ1n) is 5.56. The average Bonchev–Trinajstić information content (AvgIpc) is 2.70. The third kappa shape index (κ3) is 3.11. The summed E-state index contributed by atoms with van der Waals surface area (Å²) >= 11 is 11.1. The van der Waals surface area contributed by atoms with Crippen molar-refractivity contribution in [2.45, 2.75) is 19.4 Å². The molecule has 1 saturated heterocycles. The lowest BCUT2D eigenvalue weighted by molar-refractivity contribution is -0.139. The van der Waals surface area contributed by atoms with Crippen molar-refractivity contribution in [2.75, 3.05) is 11.9 Å². The molecule has 1 heterocycles. The predicted molar refractivity (Wildman–Crippen MR) is 74.9 cm³/mol. The molecule has 1 atom stereocenters. The topological polar surface area (TPSA) is 50.4 Å². The average molecular weight is 285 g/mol. The van der Waals surface area contributed by atoms with Crippen LogP contribution in [0.25, 0.3) is 0 Å². The van der Waals surface area contributed by atoms with Gasteiger partial charge in [-0.2, -0.15) is 0 Å². The number of rotatable bonds is 2. The Morgan fingerprint density at radius 3 is 2.94 bits per heavy atom. The molecule has 1 aliphatic heterocycles. The van der Waals surface area contributed by atoms with Crippen molar-refractivity contribution >= 4 is 40.6 Å². The maximum atomic E-state index is 11.3. The van der Waals surface area contributed by atoms with Crippen molar-refractivity contribution in [3.63, 3.8) is 0 Å². The Labute approximate surface area is 116 Å². The predicted octanol–water partition coefficient (Wildman–Crippen LogP) is 2.25. The number of aryl methyl sites for hydroxylation is 1. The lowest BCUT2D eigenvalue weighted by Gasteiger charge is -2.13. The van der Waals surface area contributed by atoms with Crippen molar-refractivity contribution in [1.29, 1.82) is 0 Å². The van der Waals surface area contributed by atoms with E-state index in [9.17, 15) is 4.79 Å². The van der Waals surface area contributed by atoms with E-state index in [1.807, 2.05) is 19.1 Å². The Hall–Kier alpha value is -1.33. The summed E-state index contributed by atoms with van der Waals surface area (Å²) in [5.74, 6) is -0.263. The quantitative estimate of drug-likeness (QED) is 0.644. The highest BCUT2D eigenvalue weighted by Crippen LogP contribution is 2.19. The smallest absolute Gasteiger partial charge is 0.328 e. The van der Waals surface area contributed by atoms with Crippen molar-refractivity contribution in [3.05, 3.63) is 28.8 Å². The number of ether oxygens (including phenoxy) is 1. The van der Waals surface area contributed by atoms with Gasteiger partial charge in [-0.15, -0.1) is 0 Å². The van der Waals surface area contributed by atoms with E-state index in [2.05, 4.69) is 10.6 Å². The Kier molecular flexibility index (Phi) is 4.04. The molecule has 0 spiro atoms. The van der Waals surface area contributed by atoms with E-state index >= 15 is 0 Å². The molecule has 96 valence electrons. The van der Waals surface area contributed by atoms with Crippen LogP contribution in [0.15, 0.2) is 18.2 Å². The van der Waals surface area contributed by atoms with Crippen molar-refractivity contribution in [2.24, 2.45) is 0 Å². The molecule has 2 rings (SSSR count). The van der Waals surface area contributed by atoms with Crippen LogP contribution in [0.2, 0.25) is 5.02 Å². The van der Waals surface area contributed by atoms with E-state index < -0.39 is 0 Å². The zero-order valence-electron chi connectivity index (χ0n) is 9.83. The second kappa shape index (κ2) is 5.54. The van der Waals surface area contributed by atoms with Crippen LogP contribution < -0.4 is 10.6 Å². The number of halogens is 1. The maximum absolute atomic E-state index is 11.3. The first-order valence-corrected chi connectivity index (χ1v) is 6.35. The summed E-state index contributed by atoms with van der Waals surface area (Å²) < 4.78 is 4.84. The van der Waals surface area contributed by atoms with Gasteiger partial charge in [-0.25, -0.2) is 4.79 Å². The molecule has 0 radical (unpaired) electrons. The minimum absolute atomic E-state index is 0.263. The maximum Gasteiger partial charge on any atom is 0.328 e. The third-order valence-corrected chi connectivity index (χ3v) is 3.30. The Morgan fingerprint density at radius 2 is 2.33 bits per heavy atom. The van der Waals surface area contributed by atoms with E-state index in [1.165, 1.54) is 0 Å². The number of hydrogen-bond acceptors (Lipinski definition) is 3. The van der Waals surface area contributed by atoms with Gasteiger partial charge < -0.3 is 15.4 Å². The van der Waals surface area contributed by atoms with Gasteiger partial charge in [0.15, 0.2) is 5.11 Å². The summed E-state index contributed by atoms with van der Waals surface area (Å²) in [7, 11) is 0. The Balaban J connectivity index is 1.94. The van der Waals surface area contributed by atoms with Crippen LogP contribution in [0.1, 0.15) is 12.0 Å². The van der Waals surface area contributed by atoms with Crippen LogP contribution in [0.4, 0.5) is 5.69 Å². The highest BCUT2D eigenvalue weighted by atomic mass is 35.5. The third-order valence-electron chi connectivity index (χ3n) is 2.67. The molecule has 0 aromatic heterocycles. The lowest BCUT2D eigenvalue weighted by atomic mass is 10.2. The second-order valence-corrected chi connectivity index (χ2v) is 4.89. The van der Waals surface area contributed by atoms with Crippen LogP contribution in [0.5, 0.6) is 0 Å². The van der Waals surface area contributed by atoms with Crippen LogP contribution in [0.3, 0.4) is 0 Å². The fourth-order valence-corrected chi connectivity index (χ4v) is 2.06. The minimum atomic E-state index is -0.356. The number of thiocarbonyl (C=S) groups is 1. The van der Waals surface area contributed by atoms with Crippen LogP contribution >= 0.6 is 23.8 Å². The molecule has 18 heavy (non-hydrogen) atoms. The summed E-state index contributed by atoms with van der Waals surface area (Å²) in [4.78, 5) is 11.3. The number of carbonyl (C=O) groups is 1. The molecular formula is C12H13ClN2O2S. The molecule has 1 aromatic carbocycles. The summed E-state index contributed by atoms with van der Waals surface area (Å²) in [6, 6.07) is 5.21. The summed E-state index contributed by atoms with van der Waals surface area (Å²) in [5, 5.41) is 6.96. The largest absolute Gasteiger partial charge is 0.464 e. The van der Waals surface area contributed by atoms with Crippen molar-refractivity contribution in [1.82, 2.24) is 5.32 Å². The Morgan fingerprint density at radius 1 is 1.56 bits per heavy atom. The van der Waals surface area contributed by atoms with Crippen LogP contribution in [0, 0.1) is 6.92 Å². The van der Waals surface area contributed by atoms with Gasteiger partial charge in [-0.1, -0.05) is 17.7 Å². The number of carbonyl (C=O) groups excluding carboxylic acids is 1. The summed E-state index contributed by atoms with van der Waals surface area (Å²) in [6.45, 7) is 2.37. The summed E-state index contributed by atoms with van der Waals surface area (Å²) in [6.07, 6.45) is 0.634. The van der Waals surface area contributed by atoms with Gasteiger partial charge in [-0.3, -0.25) is 0 Å². The second-order valence-electron chi connectivity index (χ2n) is 4.07. The molecule has 0 aliphatic carbocycles. The normalized spacial score (nSPS) is 18.3. The van der Waals surface area contributed by atoms with Crippen LogP contribution in [-0.4, -0.2) is 23.7 Å². The monoisotopic (exact) mass is 284 g/mol. The van der Waals surface area contributed by atoms with Crippen molar-refractivity contribution < 1.29 is 9.53 Å². The molecule has 0 bridgehead atoms. The van der Waals surface area contributed by atoms with Gasteiger partial charge >= 0.3 is 5.97 Å². The highest BCUT2D eigenvalue weighted by molar-refractivity contribution is 7.80. The highest BCUT2D eigenvalue weighted by Gasteiger charge is 2.26. The van der Waals surface area contributed by atoms with Gasteiger partial charge in [0.25, 0.3) is 0 Å². The molecule has 1 aliphatic rings. The molecule has 1 fully saturated rings. The van der Waals surface area contributed by atoms with Gasteiger partial charge in [-0.05, 0) is 36.8 Å². The molecular weight excluding hydrogens is 272 g/mol. The Bertz CT molecular complexity index is 493. The van der Waals surface area contributed by atoms with Gasteiger partial charge in [0.05, 0.1) is 6.61 Å². The van der Waals surface area contributed by atoms with E-state index in [0.29, 0.717) is 23.2 Å². The fraction of sp³-hybridized carbons (Fsp3) is 0.333. The van der Waals surface area contributed by atoms with Crippen LogP contribution in [-0.2, 0) is 9.53 Å². The van der Waals surface area contributed by atoms with Gasteiger partial charge in [0.2, 0.25) is 0 Å². The van der Waals surface area contributed by atoms with Gasteiger partial charge in [0, 0.05) is 17.1 Å². The first kappa shape index (κ1) is 13.1. The molecule has 0 unspecified atom stereocenters. The number of esters is 1. The molecule has 2 N–H and O–H groups in total. The zero-order valence-corrected chi connectivity index (χ0v) is 11.4. The molecule has 4 nitrogen and oxygen atoms in total.